The Morgan fingerprint density at radius 2 is 2.50 bits per heavy atom. The molecule has 0 aliphatic carbocycles. The second-order valence-electron chi connectivity index (χ2n) is 3.40. The van der Waals surface area contributed by atoms with E-state index in [-0.39, 0.29) is 18.1 Å². The molecule has 0 saturated carbocycles. The summed E-state index contributed by atoms with van der Waals surface area (Å²) in [6, 6.07) is -0.153. The number of nitrogens with two attached hydrogens (primary N) is 1. The number of carbonyl (C=O) groups excluding carboxylic acids is 1. The summed E-state index contributed by atoms with van der Waals surface area (Å²) >= 11 is 0. The number of rotatable bonds is 3. The minimum absolute atomic E-state index is 0.153. The van der Waals surface area contributed by atoms with Gasteiger partial charge in [-0.05, 0) is 26.3 Å². The lowest BCUT2D eigenvalue weighted by Crippen LogP contribution is -2.43. The van der Waals surface area contributed by atoms with E-state index in [2.05, 4.69) is 0 Å². The van der Waals surface area contributed by atoms with Crippen LogP contribution >= 0.6 is 0 Å². The molecule has 1 aliphatic rings. The summed E-state index contributed by atoms with van der Waals surface area (Å²) in [7, 11) is 0. The predicted molar refractivity (Wildman–Crippen MR) is 45.5 cm³/mol. The van der Waals surface area contributed by atoms with Crippen LogP contribution in [0, 0.1) is 0 Å². The normalized spacial score (nSPS) is 27.3. The topological polar surface area (TPSA) is 66.6 Å². The highest BCUT2D eigenvalue weighted by atomic mass is 16.3. The van der Waals surface area contributed by atoms with Crippen LogP contribution in [0.2, 0.25) is 0 Å². The number of amides is 1. The first-order chi connectivity index (χ1) is 5.61. The average Bonchev–Trinajstić information content (AvgIpc) is 2.33. The van der Waals surface area contributed by atoms with Crippen molar-refractivity contribution < 1.29 is 9.90 Å². The van der Waals surface area contributed by atoms with Gasteiger partial charge in [0.25, 0.3) is 0 Å². The highest BCUT2D eigenvalue weighted by Gasteiger charge is 2.29. The summed E-state index contributed by atoms with van der Waals surface area (Å²) in [6.07, 6.45) is 1.45. The number of carbonyl (C=O) groups is 1. The number of aliphatic hydroxyl groups excluding tert-OH is 1. The van der Waals surface area contributed by atoms with Crippen LogP contribution < -0.4 is 5.73 Å². The lowest BCUT2D eigenvalue weighted by Gasteiger charge is -2.22. The number of hydrogen-bond acceptors (Lipinski definition) is 3. The van der Waals surface area contributed by atoms with Gasteiger partial charge in [0, 0.05) is 6.54 Å². The second-order valence-corrected chi connectivity index (χ2v) is 3.40. The molecule has 1 aliphatic heterocycles. The van der Waals surface area contributed by atoms with Crippen LogP contribution in [0.5, 0.6) is 0 Å². The van der Waals surface area contributed by atoms with Crippen molar-refractivity contribution in [3.8, 4) is 0 Å². The fourth-order valence-corrected chi connectivity index (χ4v) is 1.71. The zero-order valence-electron chi connectivity index (χ0n) is 7.36. The minimum Gasteiger partial charge on any atom is -0.392 e. The molecule has 0 aromatic carbocycles. The molecule has 0 spiro atoms. The van der Waals surface area contributed by atoms with Gasteiger partial charge in [-0.2, -0.15) is 0 Å². The van der Waals surface area contributed by atoms with E-state index in [1.54, 1.807) is 6.92 Å². The molecule has 1 fully saturated rings. The van der Waals surface area contributed by atoms with E-state index in [4.69, 9.17) is 10.8 Å². The molecule has 1 rings (SSSR count). The third-order valence-corrected chi connectivity index (χ3v) is 2.19. The van der Waals surface area contributed by atoms with Gasteiger partial charge in [-0.1, -0.05) is 0 Å². The molecule has 0 radical (unpaired) electrons. The Morgan fingerprint density at radius 1 is 1.83 bits per heavy atom. The van der Waals surface area contributed by atoms with Crippen LogP contribution in [0.4, 0.5) is 0 Å². The van der Waals surface area contributed by atoms with E-state index in [0.29, 0.717) is 6.54 Å². The first-order valence-electron chi connectivity index (χ1n) is 4.32. The Bertz CT molecular complexity index is 170. The van der Waals surface area contributed by atoms with Gasteiger partial charge in [0.05, 0.1) is 12.1 Å². The fourth-order valence-electron chi connectivity index (χ4n) is 1.71. The molecule has 1 amide bonds. The van der Waals surface area contributed by atoms with E-state index >= 15 is 0 Å². The molecular weight excluding hydrogens is 156 g/mol. The molecule has 12 heavy (non-hydrogen) atoms. The van der Waals surface area contributed by atoms with Crippen LogP contribution in [0.25, 0.3) is 0 Å². The van der Waals surface area contributed by atoms with Gasteiger partial charge < -0.3 is 10.8 Å². The van der Waals surface area contributed by atoms with Gasteiger partial charge in [-0.25, -0.2) is 0 Å². The zero-order valence-corrected chi connectivity index (χ0v) is 7.36. The van der Waals surface area contributed by atoms with E-state index in [1.165, 1.54) is 0 Å². The number of nitrogens with zero attached hydrogens (tertiary/aromatic N) is 1. The van der Waals surface area contributed by atoms with Crippen molar-refractivity contribution in [3.63, 3.8) is 0 Å². The largest absolute Gasteiger partial charge is 0.392 e. The van der Waals surface area contributed by atoms with Crippen molar-refractivity contribution in [2.45, 2.75) is 31.9 Å². The monoisotopic (exact) mass is 172 g/mol. The van der Waals surface area contributed by atoms with Crippen LogP contribution in [-0.2, 0) is 4.79 Å². The van der Waals surface area contributed by atoms with E-state index < -0.39 is 0 Å². The quantitative estimate of drug-likeness (QED) is 0.592. The lowest BCUT2D eigenvalue weighted by molar-refractivity contribution is -0.122. The Balaban J connectivity index is 2.46. The average molecular weight is 172 g/mol. The third kappa shape index (κ3) is 2.19. The number of primary amides is 1. The number of β-amino-alcohol motifs (C(OH)–C–C–N with tert-alkyl or cyclic N) is 1. The fraction of sp³-hybridized carbons (Fsp3) is 0.875. The number of aliphatic hydroxyl groups is 1. The smallest absolute Gasteiger partial charge is 0.234 e. The summed E-state index contributed by atoms with van der Waals surface area (Å²) in [5, 5.41) is 9.12. The molecule has 3 N–H and O–H groups in total. The first-order valence-corrected chi connectivity index (χ1v) is 4.32. The van der Waals surface area contributed by atoms with Crippen molar-refractivity contribution in [1.29, 1.82) is 0 Å². The van der Waals surface area contributed by atoms with Gasteiger partial charge in [0.2, 0.25) is 5.91 Å². The molecule has 2 atom stereocenters. The second kappa shape index (κ2) is 3.87. The predicted octanol–water partition coefficient (Wildman–Crippen LogP) is -0.683. The van der Waals surface area contributed by atoms with Gasteiger partial charge in [0.1, 0.15) is 0 Å². The Morgan fingerprint density at radius 3 is 3.00 bits per heavy atom. The zero-order chi connectivity index (χ0) is 9.14. The summed E-state index contributed by atoms with van der Waals surface area (Å²) in [4.78, 5) is 12.8. The van der Waals surface area contributed by atoms with Gasteiger partial charge in [-0.15, -0.1) is 0 Å². The maximum Gasteiger partial charge on any atom is 0.234 e. The van der Waals surface area contributed by atoms with Crippen LogP contribution in [0.3, 0.4) is 0 Å². The van der Waals surface area contributed by atoms with Crippen molar-refractivity contribution in [2.24, 2.45) is 5.73 Å². The Hall–Kier alpha value is -0.610. The molecular formula is C8H16N2O2. The highest BCUT2D eigenvalue weighted by molar-refractivity contribution is 5.80. The molecule has 1 saturated heterocycles. The summed E-state index contributed by atoms with van der Waals surface area (Å²) < 4.78 is 0. The van der Waals surface area contributed by atoms with Crippen molar-refractivity contribution in [2.75, 3.05) is 13.1 Å². The van der Waals surface area contributed by atoms with E-state index in [1.807, 2.05) is 4.90 Å². The molecule has 1 unspecified atom stereocenters. The van der Waals surface area contributed by atoms with Crippen LogP contribution in [-0.4, -0.2) is 41.1 Å². The first kappa shape index (κ1) is 9.48. The third-order valence-electron chi connectivity index (χ3n) is 2.19. The molecule has 70 valence electrons. The van der Waals surface area contributed by atoms with Gasteiger partial charge >= 0.3 is 0 Å². The van der Waals surface area contributed by atoms with Crippen molar-refractivity contribution in [1.82, 2.24) is 4.90 Å². The summed E-state index contributed by atoms with van der Waals surface area (Å²) in [5.74, 6) is -0.270. The molecule has 0 bridgehead atoms. The maximum atomic E-state index is 10.9. The van der Waals surface area contributed by atoms with Gasteiger partial charge in [0.15, 0.2) is 0 Å². The Kier molecular flexibility index (Phi) is 3.05. The van der Waals surface area contributed by atoms with E-state index in [9.17, 15) is 4.79 Å². The summed E-state index contributed by atoms with van der Waals surface area (Å²) in [6.45, 7) is 3.14. The molecule has 1 heterocycles. The Labute approximate surface area is 72.3 Å². The number of likely N-dealkylation sites (tertiary alicyclic amines) is 1. The maximum absolute atomic E-state index is 10.9. The standard InChI is InChI=1S/C8H16N2O2/c1-6(11)5-10-4-2-3-7(10)8(9)12/h6-7,11H,2-5H2,1H3,(H2,9,12)/t6-,7?/m1/s1. The van der Waals surface area contributed by atoms with Crippen LogP contribution in [0.1, 0.15) is 19.8 Å². The molecule has 4 nitrogen and oxygen atoms in total. The van der Waals surface area contributed by atoms with Crippen molar-refractivity contribution >= 4 is 5.91 Å². The molecule has 4 heteroatoms. The molecule has 0 aromatic rings. The van der Waals surface area contributed by atoms with Gasteiger partial charge in [-0.3, -0.25) is 9.69 Å². The minimum atomic E-state index is -0.384. The van der Waals surface area contributed by atoms with Crippen molar-refractivity contribution in [3.05, 3.63) is 0 Å². The summed E-state index contributed by atoms with van der Waals surface area (Å²) in [5.41, 5.74) is 5.20. The van der Waals surface area contributed by atoms with Crippen LogP contribution in [0.15, 0.2) is 0 Å². The van der Waals surface area contributed by atoms with E-state index in [0.717, 1.165) is 19.4 Å². The SMILES string of the molecule is C[C@@H](O)CN1CCCC1C(N)=O. The molecule has 0 aromatic heterocycles. The lowest BCUT2D eigenvalue weighted by atomic mass is 10.2. The highest BCUT2D eigenvalue weighted by Crippen LogP contribution is 2.16. The number of hydrogen-bond donors (Lipinski definition) is 2.